The molecule has 0 bridgehead atoms. The van der Waals surface area contributed by atoms with Gasteiger partial charge in [0.05, 0.1) is 22.5 Å². The van der Waals surface area contributed by atoms with Gasteiger partial charge in [-0.2, -0.15) is 5.26 Å². The highest BCUT2D eigenvalue weighted by molar-refractivity contribution is 9.10. The van der Waals surface area contributed by atoms with Crippen LogP contribution in [0.2, 0.25) is 5.02 Å². The van der Waals surface area contributed by atoms with Crippen molar-refractivity contribution in [3.63, 3.8) is 0 Å². The van der Waals surface area contributed by atoms with Crippen molar-refractivity contribution in [1.29, 1.82) is 5.26 Å². The lowest BCUT2D eigenvalue weighted by Gasteiger charge is -2.37. The third-order valence-corrected chi connectivity index (χ3v) is 7.03. The second-order valence-corrected chi connectivity index (χ2v) is 10.5. The molecule has 0 fully saturated rings. The molecule has 0 radical (unpaired) electrons. The van der Waals surface area contributed by atoms with E-state index in [0.29, 0.717) is 45.7 Å². The number of rotatable bonds is 5. The van der Waals surface area contributed by atoms with E-state index in [0.717, 1.165) is 0 Å². The molecule has 6 nitrogen and oxygen atoms in total. The van der Waals surface area contributed by atoms with Gasteiger partial charge in [-0.1, -0.05) is 31.5 Å². The first-order valence-corrected chi connectivity index (χ1v) is 12.0. The summed E-state index contributed by atoms with van der Waals surface area (Å²) in [5.74, 6) is -0.176. The second kappa shape index (κ2) is 9.56. The van der Waals surface area contributed by atoms with E-state index in [9.17, 15) is 14.4 Å². The van der Waals surface area contributed by atoms with Gasteiger partial charge in [-0.25, -0.2) is 4.39 Å². The van der Waals surface area contributed by atoms with E-state index in [1.807, 2.05) is 13.8 Å². The van der Waals surface area contributed by atoms with Crippen LogP contribution in [0.15, 0.2) is 57.6 Å². The molecule has 2 N–H and O–H groups in total. The quantitative estimate of drug-likeness (QED) is 0.462. The number of allylic oxidation sites excluding steroid dienone is 3. The fraction of sp³-hybridized carbons (Fsp3) is 0.308. The van der Waals surface area contributed by atoms with Crippen LogP contribution >= 0.6 is 27.5 Å². The lowest BCUT2D eigenvalue weighted by Crippen LogP contribution is -2.33. The van der Waals surface area contributed by atoms with Crippen molar-refractivity contribution in [2.75, 3.05) is 7.11 Å². The number of nitrogens with zero attached hydrogens (tertiary/aromatic N) is 1. The van der Waals surface area contributed by atoms with Crippen molar-refractivity contribution in [1.82, 2.24) is 0 Å². The van der Waals surface area contributed by atoms with Crippen molar-refractivity contribution < 1.29 is 23.4 Å². The lowest BCUT2D eigenvalue weighted by atomic mass is 9.70. The van der Waals surface area contributed by atoms with E-state index >= 15 is 0 Å². The van der Waals surface area contributed by atoms with E-state index in [-0.39, 0.29) is 39.8 Å². The van der Waals surface area contributed by atoms with E-state index in [1.165, 1.54) is 19.2 Å². The third kappa shape index (κ3) is 4.75. The van der Waals surface area contributed by atoms with Gasteiger partial charge in [-0.05, 0) is 51.2 Å². The molecule has 2 aliphatic rings. The van der Waals surface area contributed by atoms with Gasteiger partial charge in [-0.15, -0.1) is 0 Å². The fourth-order valence-corrected chi connectivity index (χ4v) is 5.27. The van der Waals surface area contributed by atoms with Gasteiger partial charge >= 0.3 is 0 Å². The number of Topliss-reactive ketones (excluding diaryl/α,β-unsaturated/α-hetero) is 1. The second-order valence-electron chi connectivity index (χ2n) is 9.23. The number of carbonyl (C=O) groups excluding carboxylic acids is 1. The largest absolute Gasteiger partial charge is 0.493 e. The smallest absolute Gasteiger partial charge is 0.205 e. The third-order valence-electron chi connectivity index (χ3n) is 6.08. The Morgan fingerprint density at radius 1 is 1.34 bits per heavy atom. The van der Waals surface area contributed by atoms with Gasteiger partial charge in [0.2, 0.25) is 5.88 Å². The minimum absolute atomic E-state index is 0.0219. The normalized spacial score (nSPS) is 19.1. The molecule has 1 heterocycles. The SMILES string of the molecule is COc1cc(C2C(C#N)=C(N)OC3=C2C(=O)CC(C)(C)C3)cc(Br)c1OCc1c(F)cccc1Cl. The number of hydrogen-bond donors (Lipinski definition) is 1. The number of nitrogens with two attached hydrogens (primary N) is 1. The topological polar surface area (TPSA) is 94.6 Å². The first-order chi connectivity index (χ1) is 16.6. The Bertz CT molecular complexity index is 1310. The number of nitriles is 1. The molecule has 1 aliphatic heterocycles. The van der Waals surface area contributed by atoms with Gasteiger partial charge in [0.15, 0.2) is 17.3 Å². The molecule has 1 unspecified atom stereocenters. The average Bonchev–Trinajstić information content (AvgIpc) is 2.77. The minimum atomic E-state index is -0.715. The van der Waals surface area contributed by atoms with Gasteiger partial charge < -0.3 is 19.9 Å². The summed E-state index contributed by atoms with van der Waals surface area (Å²) in [5, 5.41) is 10.1. The number of methoxy groups -OCH3 is 1. The molecule has 2 aromatic carbocycles. The van der Waals surface area contributed by atoms with E-state index < -0.39 is 11.7 Å². The van der Waals surface area contributed by atoms with Crippen LogP contribution in [0.1, 0.15) is 43.7 Å². The Hall–Kier alpha value is -3.02. The standard InChI is InChI=1S/C26H23BrClFN2O4/c1-26(2)9-19(32)23-21(10-26)35-25(31)14(11-30)22(23)13-7-16(27)24(20(8-13)33-3)34-12-15-17(28)5-4-6-18(15)29/h4-8,22H,9-10,12,31H2,1-3H3. The molecule has 4 rings (SSSR count). The summed E-state index contributed by atoms with van der Waals surface area (Å²) in [6, 6.07) is 9.93. The van der Waals surface area contributed by atoms with Crippen LogP contribution in [0.4, 0.5) is 4.39 Å². The Morgan fingerprint density at radius 2 is 2.09 bits per heavy atom. The summed E-state index contributed by atoms with van der Waals surface area (Å²) < 4.78 is 31.9. The molecular formula is C26H23BrClFN2O4. The predicted octanol–water partition coefficient (Wildman–Crippen LogP) is 6.28. The maximum Gasteiger partial charge on any atom is 0.205 e. The maximum atomic E-state index is 14.2. The monoisotopic (exact) mass is 560 g/mol. The van der Waals surface area contributed by atoms with Crippen molar-refractivity contribution in [3.05, 3.63) is 79.6 Å². The summed E-state index contributed by atoms with van der Waals surface area (Å²) >= 11 is 9.62. The Labute approximate surface area is 216 Å². The highest BCUT2D eigenvalue weighted by Gasteiger charge is 2.43. The first kappa shape index (κ1) is 25.1. The summed E-state index contributed by atoms with van der Waals surface area (Å²) in [6.07, 6.45) is 0.847. The highest BCUT2D eigenvalue weighted by Crippen LogP contribution is 2.50. The van der Waals surface area contributed by atoms with Crippen molar-refractivity contribution in [2.45, 2.75) is 39.2 Å². The Morgan fingerprint density at radius 3 is 2.74 bits per heavy atom. The van der Waals surface area contributed by atoms with Crippen LogP contribution in [0.25, 0.3) is 0 Å². The van der Waals surface area contributed by atoms with E-state index in [4.69, 9.17) is 31.5 Å². The number of ether oxygens (including phenoxy) is 3. The molecule has 35 heavy (non-hydrogen) atoms. The molecule has 9 heteroatoms. The van der Waals surface area contributed by atoms with E-state index in [2.05, 4.69) is 22.0 Å². The molecule has 0 spiro atoms. The summed E-state index contributed by atoms with van der Waals surface area (Å²) in [7, 11) is 1.47. The predicted molar refractivity (Wildman–Crippen MR) is 132 cm³/mol. The van der Waals surface area contributed by atoms with Crippen molar-refractivity contribution in [3.8, 4) is 17.6 Å². The number of hydrogen-bond acceptors (Lipinski definition) is 6. The fourth-order valence-electron chi connectivity index (χ4n) is 4.48. The van der Waals surface area contributed by atoms with Crippen LogP contribution in [-0.4, -0.2) is 12.9 Å². The first-order valence-electron chi connectivity index (χ1n) is 10.8. The lowest BCUT2D eigenvalue weighted by molar-refractivity contribution is -0.119. The summed E-state index contributed by atoms with van der Waals surface area (Å²) in [4.78, 5) is 13.2. The van der Waals surface area contributed by atoms with Crippen LogP contribution in [0.3, 0.4) is 0 Å². The summed E-state index contributed by atoms with van der Waals surface area (Å²) in [6.45, 7) is 3.84. The maximum absolute atomic E-state index is 14.2. The molecule has 0 amide bonds. The zero-order valence-corrected chi connectivity index (χ0v) is 21.7. The van der Waals surface area contributed by atoms with E-state index in [1.54, 1.807) is 18.2 Å². The number of carbonyl (C=O) groups is 1. The summed E-state index contributed by atoms with van der Waals surface area (Å²) in [5.41, 5.74) is 7.22. The van der Waals surface area contributed by atoms with Crippen LogP contribution in [-0.2, 0) is 16.1 Å². The van der Waals surface area contributed by atoms with Crippen LogP contribution in [0.5, 0.6) is 11.5 Å². The Kier molecular flexibility index (Phi) is 6.85. The molecular weight excluding hydrogens is 539 g/mol. The minimum Gasteiger partial charge on any atom is -0.493 e. The molecule has 1 aliphatic carbocycles. The molecule has 0 saturated carbocycles. The van der Waals surface area contributed by atoms with Gasteiger partial charge in [0.25, 0.3) is 0 Å². The van der Waals surface area contributed by atoms with Gasteiger partial charge in [0.1, 0.15) is 29.8 Å². The average molecular weight is 562 g/mol. The zero-order valence-electron chi connectivity index (χ0n) is 19.4. The van der Waals surface area contributed by atoms with Gasteiger partial charge in [0, 0.05) is 24.0 Å². The molecule has 0 saturated heterocycles. The zero-order chi connectivity index (χ0) is 25.5. The molecule has 182 valence electrons. The Balaban J connectivity index is 1.77. The molecule has 0 aromatic heterocycles. The molecule has 1 atom stereocenters. The molecule has 2 aromatic rings. The van der Waals surface area contributed by atoms with Gasteiger partial charge in [-0.3, -0.25) is 4.79 Å². The van der Waals surface area contributed by atoms with Crippen LogP contribution in [0, 0.1) is 22.6 Å². The van der Waals surface area contributed by atoms with Crippen LogP contribution < -0.4 is 15.2 Å². The number of benzene rings is 2. The van der Waals surface area contributed by atoms with Crippen molar-refractivity contribution in [2.24, 2.45) is 11.1 Å². The van der Waals surface area contributed by atoms with Crippen molar-refractivity contribution >= 4 is 33.3 Å². The number of ketones is 1. The highest BCUT2D eigenvalue weighted by atomic mass is 79.9. The number of halogens is 3.